The van der Waals surface area contributed by atoms with Gasteiger partial charge in [-0.15, -0.1) is 0 Å². The van der Waals surface area contributed by atoms with Crippen molar-refractivity contribution in [3.8, 4) is 0 Å². The Morgan fingerprint density at radius 1 is 0.919 bits per heavy atom. The maximum Gasteiger partial charge on any atom is 0.251 e. The van der Waals surface area contributed by atoms with E-state index in [0.717, 1.165) is 67.8 Å². The van der Waals surface area contributed by atoms with Crippen molar-refractivity contribution in [1.82, 2.24) is 4.90 Å². The van der Waals surface area contributed by atoms with Gasteiger partial charge >= 0.3 is 0 Å². The molecule has 0 N–H and O–H groups in total. The molecule has 37 heavy (non-hydrogen) atoms. The van der Waals surface area contributed by atoms with E-state index in [4.69, 9.17) is 0 Å². The highest BCUT2D eigenvalue weighted by Gasteiger charge is 2.30. The van der Waals surface area contributed by atoms with E-state index in [0.29, 0.717) is 6.54 Å². The standard InChI is InChI=1S/C32H35N3O2/c1-25(36)34-23-17-28-24-30(13-14-31(28)34)35(32(37)15-12-26-8-4-2-5-9-26)29-18-21-33(22-19-29)20-16-27-10-6-3-7-11-27/h2-15,24,29H,16-23H2,1H3/b15-12+. The van der Waals surface area contributed by atoms with Gasteiger partial charge in [-0.2, -0.15) is 0 Å². The van der Waals surface area contributed by atoms with Crippen LogP contribution in [0.2, 0.25) is 0 Å². The van der Waals surface area contributed by atoms with Gasteiger partial charge in [0, 0.05) is 56.6 Å². The van der Waals surface area contributed by atoms with E-state index in [2.05, 4.69) is 41.3 Å². The number of hydrogen-bond donors (Lipinski definition) is 0. The minimum absolute atomic E-state index is 0.00737. The molecule has 0 unspecified atom stereocenters. The smallest absolute Gasteiger partial charge is 0.251 e. The third kappa shape index (κ3) is 6.00. The maximum atomic E-state index is 13.6. The molecule has 2 amide bonds. The van der Waals surface area contributed by atoms with Gasteiger partial charge in [0.05, 0.1) is 0 Å². The van der Waals surface area contributed by atoms with Crippen LogP contribution in [0.15, 0.2) is 84.9 Å². The molecule has 2 aliphatic heterocycles. The SMILES string of the molecule is CC(=O)N1CCc2cc(N(C(=O)/C=C/c3ccccc3)C3CCN(CCc4ccccc4)CC3)ccc21. The molecular weight excluding hydrogens is 458 g/mol. The van der Waals surface area contributed by atoms with E-state index in [1.807, 2.05) is 58.3 Å². The topological polar surface area (TPSA) is 43.9 Å². The van der Waals surface area contributed by atoms with Crippen molar-refractivity contribution in [1.29, 1.82) is 0 Å². The van der Waals surface area contributed by atoms with Crippen molar-refractivity contribution in [3.63, 3.8) is 0 Å². The van der Waals surface area contributed by atoms with Gasteiger partial charge in [0.15, 0.2) is 0 Å². The van der Waals surface area contributed by atoms with Crippen LogP contribution in [0, 0.1) is 0 Å². The molecule has 0 saturated carbocycles. The summed E-state index contributed by atoms with van der Waals surface area (Å²) in [5, 5.41) is 0. The van der Waals surface area contributed by atoms with Crippen LogP contribution in [-0.4, -0.2) is 48.9 Å². The Hall–Kier alpha value is -3.70. The van der Waals surface area contributed by atoms with Crippen LogP contribution in [0.3, 0.4) is 0 Å². The highest BCUT2D eigenvalue weighted by atomic mass is 16.2. The molecule has 0 atom stereocenters. The lowest BCUT2D eigenvalue weighted by molar-refractivity contribution is -0.116. The van der Waals surface area contributed by atoms with Crippen LogP contribution in [-0.2, 0) is 22.4 Å². The number of benzene rings is 3. The summed E-state index contributed by atoms with van der Waals surface area (Å²) in [7, 11) is 0. The van der Waals surface area contributed by atoms with E-state index in [9.17, 15) is 9.59 Å². The molecule has 0 spiro atoms. The van der Waals surface area contributed by atoms with Crippen LogP contribution < -0.4 is 9.80 Å². The van der Waals surface area contributed by atoms with Crippen molar-refractivity contribution in [2.75, 3.05) is 36.0 Å². The molecule has 5 rings (SSSR count). The number of hydrogen-bond acceptors (Lipinski definition) is 3. The Balaban J connectivity index is 1.33. The second-order valence-electron chi connectivity index (χ2n) is 9.99. The highest BCUT2D eigenvalue weighted by Crippen LogP contribution is 2.34. The quantitative estimate of drug-likeness (QED) is 0.417. The molecule has 3 aromatic carbocycles. The fourth-order valence-electron chi connectivity index (χ4n) is 5.53. The van der Waals surface area contributed by atoms with E-state index in [1.165, 1.54) is 5.56 Å². The zero-order valence-electron chi connectivity index (χ0n) is 21.6. The third-order valence-electron chi connectivity index (χ3n) is 7.55. The molecule has 0 radical (unpaired) electrons. The first-order chi connectivity index (χ1) is 18.1. The second-order valence-corrected chi connectivity index (χ2v) is 9.99. The first-order valence-electron chi connectivity index (χ1n) is 13.3. The minimum atomic E-state index is 0.00737. The Kier molecular flexibility index (Phi) is 7.81. The monoisotopic (exact) mass is 493 g/mol. The number of fused-ring (bicyclic) bond motifs is 1. The molecule has 0 aliphatic carbocycles. The summed E-state index contributed by atoms with van der Waals surface area (Å²) in [4.78, 5) is 32.0. The molecule has 1 fully saturated rings. The number of anilines is 2. The normalized spacial score (nSPS) is 16.2. The van der Waals surface area contributed by atoms with Gasteiger partial charge in [-0.3, -0.25) is 9.59 Å². The number of carbonyl (C=O) groups is 2. The summed E-state index contributed by atoms with van der Waals surface area (Å²) >= 11 is 0. The molecule has 190 valence electrons. The lowest BCUT2D eigenvalue weighted by atomic mass is 10.00. The fourth-order valence-corrected chi connectivity index (χ4v) is 5.53. The summed E-state index contributed by atoms with van der Waals surface area (Å²) in [5.41, 5.74) is 5.41. The van der Waals surface area contributed by atoms with Gasteiger partial charge in [-0.25, -0.2) is 0 Å². The first-order valence-corrected chi connectivity index (χ1v) is 13.3. The molecule has 3 aromatic rings. The largest absolute Gasteiger partial charge is 0.312 e. The number of piperidine rings is 1. The van der Waals surface area contributed by atoms with Crippen LogP contribution in [0.25, 0.3) is 6.08 Å². The van der Waals surface area contributed by atoms with Gasteiger partial charge in [0.1, 0.15) is 0 Å². The van der Waals surface area contributed by atoms with Gasteiger partial charge in [-0.05, 0) is 66.6 Å². The summed E-state index contributed by atoms with van der Waals surface area (Å²) < 4.78 is 0. The summed E-state index contributed by atoms with van der Waals surface area (Å²) in [6.45, 7) is 5.31. The molecular formula is C32H35N3O2. The lowest BCUT2D eigenvalue weighted by Gasteiger charge is -2.38. The Bertz CT molecular complexity index is 1250. The first kappa shape index (κ1) is 25.0. The van der Waals surface area contributed by atoms with Gasteiger partial charge in [-0.1, -0.05) is 60.7 Å². The molecule has 2 heterocycles. The molecule has 0 bridgehead atoms. The number of carbonyl (C=O) groups excluding carboxylic acids is 2. The number of rotatable bonds is 7. The van der Waals surface area contributed by atoms with Gasteiger partial charge in [0.25, 0.3) is 5.91 Å². The number of amides is 2. The summed E-state index contributed by atoms with van der Waals surface area (Å²) in [6, 6.07) is 26.9. The Morgan fingerprint density at radius 3 is 2.32 bits per heavy atom. The summed E-state index contributed by atoms with van der Waals surface area (Å²) in [6.07, 6.45) is 7.35. The zero-order chi connectivity index (χ0) is 25.6. The van der Waals surface area contributed by atoms with E-state index in [1.54, 1.807) is 13.0 Å². The summed E-state index contributed by atoms with van der Waals surface area (Å²) in [5.74, 6) is 0.0704. The van der Waals surface area contributed by atoms with E-state index < -0.39 is 0 Å². The van der Waals surface area contributed by atoms with Crippen LogP contribution >= 0.6 is 0 Å². The molecule has 1 saturated heterocycles. The molecule has 0 aromatic heterocycles. The van der Waals surface area contributed by atoms with Gasteiger partial charge in [0.2, 0.25) is 5.91 Å². The molecule has 2 aliphatic rings. The van der Waals surface area contributed by atoms with Crippen LogP contribution in [0.5, 0.6) is 0 Å². The van der Waals surface area contributed by atoms with Crippen molar-refractivity contribution in [2.45, 2.75) is 38.6 Å². The van der Waals surface area contributed by atoms with Crippen LogP contribution in [0.4, 0.5) is 11.4 Å². The maximum absolute atomic E-state index is 13.6. The fraction of sp³-hybridized carbons (Fsp3) is 0.312. The van der Waals surface area contributed by atoms with E-state index >= 15 is 0 Å². The molecule has 5 heteroatoms. The average molecular weight is 494 g/mol. The Morgan fingerprint density at radius 2 is 1.62 bits per heavy atom. The van der Waals surface area contributed by atoms with Crippen molar-refractivity contribution >= 4 is 29.3 Å². The van der Waals surface area contributed by atoms with Crippen molar-refractivity contribution < 1.29 is 9.59 Å². The van der Waals surface area contributed by atoms with Crippen molar-refractivity contribution in [3.05, 3.63) is 102 Å². The number of likely N-dealkylation sites (tertiary alicyclic amines) is 1. The third-order valence-corrected chi connectivity index (χ3v) is 7.55. The van der Waals surface area contributed by atoms with E-state index in [-0.39, 0.29) is 17.9 Å². The lowest BCUT2D eigenvalue weighted by Crippen LogP contribution is -2.47. The molecule has 5 nitrogen and oxygen atoms in total. The minimum Gasteiger partial charge on any atom is -0.312 e. The van der Waals surface area contributed by atoms with Crippen molar-refractivity contribution in [2.24, 2.45) is 0 Å². The second kappa shape index (κ2) is 11.6. The highest BCUT2D eigenvalue weighted by molar-refractivity contribution is 6.04. The Labute approximate surface area is 220 Å². The predicted molar refractivity (Wildman–Crippen MR) is 151 cm³/mol. The van der Waals surface area contributed by atoms with Crippen LogP contribution in [0.1, 0.15) is 36.5 Å². The predicted octanol–water partition coefficient (Wildman–Crippen LogP) is 5.35. The zero-order valence-corrected chi connectivity index (χ0v) is 21.6. The number of nitrogens with zero attached hydrogens (tertiary/aromatic N) is 3. The average Bonchev–Trinajstić information content (AvgIpc) is 3.37. The van der Waals surface area contributed by atoms with Gasteiger partial charge < -0.3 is 14.7 Å².